The lowest BCUT2D eigenvalue weighted by Gasteiger charge is -2.28. The van der Waals surface area contributed by atoms with Crippen LogP contribution in [0.3, 0.4) is 0 Å². The van der Waals surface area contributed by atoms with Crippen molar-refractivity contribution in [2.75, 3.05) is 18.9 Å². The van der Waals surface area contributed by atoms with E-state index >= 15 is 0 Å². The van der Waals surface area contributed by atoms with E-state index in [0.29, 0.717) is 0 Å². The fourth-order valence-corrected chi connectivity index (χ4v) is 3.60. The van der Waals surface area contributed by atoms with Crippen molar-refractivity contribution < 1.29 is 0 Å². The molecular formula is C17H26N2. The zero-order chi connectivity index (χ0) is 13.1. The zero-order valence-electron chi connectivity index (χ0n) is 12.0. The smallest absolute Gasteiger partial charge is 0.0343 e. The van der Waals surface area contributed by atoms with E-state index in [0.717, 1.165) is 18.5 Å². The minimum absolute atomic E-state index is 0.760. The third-order valence-corrected chi connectivity index (χ3v) is 4.95. The molecule has 0 unspecified atom stereocenters. The lowest BCUT2D eigenvalue weighted by Crippen LogP contribution is -2.32. The summed E-state index contributed by atoms with van der Waals surface area (Å²) in [6.07, 6.45) is 9.31. The van der Waals surface area contributed by atoms with Gasteiger partial charge in [0.25, 0.3) is 0 Å². The Morgan fingerprint density at radius 1 is 1.05 bits per heavy atom. The first-order valence-electron chi connectivity index (χ1n) is 7.88. The standard InChI is InChI=1S/C17H26N2/c1-18-16-8-5-13(6-9-16)12-19-17-10-7-14-3-2-4-15(14)11-17/h7,10-11,13,16,18-19H,2-6,8-9,12H2,1H3. The van der Waals surface area contributed by atoms with Crippen molar-refractivity contribution in [3.63, 3.8) is 0 Å². The van der Waals surface area contributed by atoms with Gasteiger partial charge in [-0.1, -0.05) is 6.07 Å². The van der Waals surface area contributed by atoms with Crippen LogP contribution in [0, 0.1) is 5.92 Å². The second-order valence-corrected chi connectivity index (χ2v) is 6.22. The van der Waals surface area contributed by atoms with Gasteiger partial charge in [0.1, 0.15) is 0 Å². The van der Waals surface area contributed by atoms with Crippen LogP contribution < -0.4 is 10.6 Å². The van der Waals surface area contributed by atoms with Gasteiger partial charge in [0.15, 0.2) is 0 Å². The predicted molar refractivity (Wildman–Crippen MR) is 81.8 cm³/mol. The quantitative estimate of drug-likeness (QED) is 0.865. The van der Waals surface area contributed by atoms with E-state index in [-0.39, 0.29) is 0 Å². The van der Waals surface area contributed by atoms with E-state index in [1.54, 1.807) is 11.1 Å². The van der Waals surface area contributed by atoms with Gasteiger partial charge >= 0.3 is 0 Å². The molecule has 1 aromatic carbocycles. The highest BCUT2D eigenvalue weighted by Gasteiger charge is 2.19. The molecule has 2 heteroatoms. The van der Waals surface area contributed by atoms with Gasteiger partial charge in [-0.15, -0.1) is 0 Å². The molecule has 0 aromatic heterocycles. The van der Waals surface area contributed by atoms with Gasteiger partial charge in [-0.3, -0.25) is 0 Å². The van der Waals surface area contributed by atoms with Crippen LogP contribution in [-0.4, -0.2) is 19.6 Å². The van der Waals surface area contributed by atoms with Crippen LogP contribution in [0.25, 0.3) is 0 Å². The van der Waals surface area contributed by atoms with Crippen molar-refractivity contribution in [2.24, 2.45) is 5.92 Å². The fraction of sp³-hybridized carbons (Fsp3) is 0.647. The molecule has 2 aliphatic carbocycles. The summed E-state index contributed by atoms with van der Waals surface area (Å²) in [5, 5.41) is 7.06. The van der Waals surface area contributed by atoms with Gasteiger partial charge in [-0.2, -0.15) is 0 Å². The number of hydrogen-bond acceptors (Lipinski definition) is 2. The number of hydrogen-bond donors (Lipinski definition) is 2. The van der Waals surface area contributed by atoms with Crippen molar-refractivity contribution in [2.45, 2.75) is 51.0 Å². The molecule has 0 spiro atoms. The molecule has 104 valence electrons. The van der Waals surface area contributed by atoms with Crippen molar-refractivity contribution in [1.82, 2.24) is 5.32 Å². The van der Waals surface area contributed by atoms with Gasteiger partial charge < -0.3 is 10.6 Å². The maximum absolute atomic E-state index is 3.66. The van der Waals surface area contributed by atoms with Gasteiger partial charge in [-0.25, -0.2) is 0 Å². The van der Waals surface area contributed by atoms with E-state index in [1.165, 1.54) is 50.6 Å². The molecule has 0 atom stereocenters. The van der Waals surface area contributed by atoms with Crippen LogP contribution in [0.5, 0.6) is 0 Å². The number of fused-ring (bicyclic) bond motifs is 1. The van der Waals surface area contributed by atoms with Gasteiger partial charge in [-0.05, 0) is 81.2 Å². The summed E-state index contributed by atoms with van der Waals surface area (Å²) in [5.74, 6) is 0.859. The molecule has 0 amide bonds. The lowest BCUT2D eigenvalue weighted by atomic mass is 9.86. The minimum atomic E-state index is 0.760. The number of aryl methyl sites for hydroxylation is 2. The molecule has 1 saturated carbocycles. The Balaban J connectivity index is 1.50. The minimum Gasteiger partial charge on any atom is -0.385 e. The van der Waals surface area contributed by atoms with Crippen LogP contribution in [-0.2, 0) is 12.8 Å². The molecule has 2 aliphatic rings. The van der Waals surface area contributed by atoms with Gasteiger partial charge in [0.05, 0.1) is 0 Å². The topological polar surface area (TPSA) is 24.1 Å². The average molecular weight is 258 g/mol. The number of benzene rings is 1. The summed E-state index contributed by atoms with van der Waals surface area (Å²) in [5.41, 5.74) is 4.47. The first kappa shape index (κ1) is 13.0. The maximum Gasteiger partial charge on any atom is 0.0343 e. The van der Waals surface area contributed by atoms with E-state index in [4.69, 9.17) is 0 Å². The predicted octanol–water partition coefficient (Wildman–Crippen LogP) is 3.37. The molecule has 1 aromatic rings. The van der Waals surface area contributed by atoms with Crippen LogP contribution >= 0.6 is 0 Å². The first-order chi connectivity index (χ1) is 9.35. The van der Waals surface area contributed by atoms with Crippen molar-refractivity contribution in [3.05, 3.63) is 29.3 Å². The number of anilines is 1. The van der Waals surface area contributed by atoms with Gasteiger partial charge in [0, 0.05) is 18.3 Å². The monoisotopic (exact) mass is 258 g/mol. The number of nitrogens with one attached hydrogen (secondary N) is 2. The molecule has 2 nitrogen and oxygen atoms in total. The highest BCUT2D eigenvalue weighted by molar-refractivity contribution is 5.50. The van der Waals surface area contributed by atoms with Crippen molar-refractivity contribution in [3.8, 4) is 0 Å². The van der Waals surface area contributed by atoms with Crippen molar-refractivity contribution >= 4 is 5.69 Å². The Kier molecular flexibility index (Phi) is 4.07. The van der Waals surface area contributed by atoms with Gasteiger partial charge in [0.2, 0.25) is 0 Å². The Hall–Kier alpha value is -1.02. The molecular weight excluding hydrogens is 232 g/mol. The van der Waals surface area contributed by atoms with Crippen LogP contribution in [0.4, 0.5) is 5.69 Å². The lowest BCUT2D eigenvalue weighted by molar-refractivity contribution is 0.312. The molecule has 0 heterocycles. The Bertz CT molecular complexity index is 419. The largest absolute Gasteiger partial charge is 0.385 e. The highest BCUT2D eigenvalue weighted by Crippen LogP contribution is 2.27. The Labute approximate surface area is 117 Å². The number of rotatable bonds is 4. The van der Waals surface area contributed by atoms with E-state index in [2.05, 4.69) is 35.9 Å². The first-order valence-corrected chi connectivity index (χ1v) is 7.88. The summed E-state index contributed by atoms with van der Waals surface area (Å²) in [6.45, 7) is 1.15. The van der Waals surface area contributed by atoms with Crippen LogP contribution in [0.2, 0.25) is 0 Å². The zero-order valence-corrected chi connectivity index (χ0v) is 12.0. The second kappa shape index (κ2) is 5.96. The van der Waals surface area contributed by atoms with Crippen molar-refractivity contribution in [1.29, 1.82) is 0 Å². The second-order valence-electron chi connectivity index (χ2n) is 6.22. The average Bonchev–Trinajstić information content (AvgIpc) is 2.93. The third-order valence-electron chi connectivity index (χ3n) is 4.95. The van der Waals surface area contributed by atoms with Crippen LogP contribution in [0.15, 0.2) is 18.2 Å². The molecule has 0 radical (unpaired) electrons. The third kappa shape index (κ3) is 3.11. The summed E-state index contributed by atoms with van der Waals surface area (Å²) in [6, 6.07) is 7.73. The SMILES string of the molecule is CNC1CCC(CNc2ccc3c(c2)CCC3)CC1. The molecule has 0 bridgehead atoms. The normalized spacial score (nSPS) is 26.2. The molecule has 2 N–H and O–H groups in total. The van der Waals surface area contributed by atoms with E-state index in [9.17, 15) is 0 Å². The maximum atomic E-state index is 3.66. The summed E-state index contributed by atoms with van der Waals surface area (Å²) >= 11 is 0. The molecule has 0 aliphatic heterocycles. The Morgan fingerprint density at radius 3 is 2.63 bits per heavy atom. The highest BCUT2D eigenvalue weighted by atomic mass is 14.9. The van der Waals surface area contributed by atoms with E-state index in [1.807, 2.05) is 0 Å². The summed E-state index contributed by atoms with van der Waals surface area (Å²) < 4.78 is 0. The van der Waals surface area contributed by atoms with Crippen LogP contribution in [0.1, 0.15) is 43.2 Å². The molecule has 0 saturated heterocycles. The summed E-state index contributed by atoms with van der Waals surface area (Å²) in [4.78, 5) is 0. The molecule has 3 rings (SSSR count). The fourth-order valence-electron chi connectivity index (χ4n) is 3.60. The summed E-state index contributed by atoms with van der Waals surface area (Å²) in [7, 11) is 2.09. The Morgan fingerprint density at radius 2 is 1.84 bits per heavy atom. The van der Waals surface area contributed by atoms with E-state index < -0.39 is 0 Å². The molecule has 1 fully saturated rings. The molecule has 19 heavy (non-hydrogen) atoms.